The minimum Gasteiger partial charge on any atom is -0.447 e. The number of aromatic nitrogens is 3. The molecular formula is C24H22F3N5O4S. The van der Waals surface area contributed by atoms with Gasteiger partial charge in [0, 0.05) is 35.6 Å². The van der Waals surface area contributed by atoms with E-state index >= 15 is 0 Å². The lowest BCUT2D eigenvalue weighted by Crippen LogP contribution is -2.51. The number of pyridine rings is 1. The molecule has 3 aliphatic heterocycles. The van der Waals surface area contributed by atoms with Gasteiger partial charge < -0.3 is 4.74 Å². The Labute approximate surface area is 210 Å². The third-order valence-electron chi connectivity index (χ3n) is 7.32. The maximum atomic E-state index is 13.7. The summed E-state index contributed by atoms with van der Waals surface area (Å²) in [5, 5.41) is 7.08. The summed E-state index contributed by atoms with van der Waals surface area (Å²) in [5.74, 6) is 0.0369. The van der Waals surface area contributed by atoms with Gasteiger partial charge in [0.05, 0.1) is 18.8 Å². The predicted octanol–water partition coefficient (Wildman–Crippen LogP) is 4.01. The summed E-state index contributed by atoms with van der Waals surface area (Å²) in [4.78, 5) is 16.5. The molecule has 3 aliphatic rings. The second kappa shape index (κ2) is 8.55. The lowest BCUT2D eigenvalue weighted by atomic mass is 9.76. The van der Waals surface area contributed by atoms with E-state index in [4.69, 9.17) is 4.74 Å². The van der Waals surface area contributed by atoms with E-state index in [0.717, 1.165) is 34.8 Å². The lowest BCUT2D eigenvalue weighted by Gasteiger charge is -2.47. The van der Waals surface area contributed by atoms with Gasteiger partial charge in [0.25, 0.3) is 0 Å². The van der Waals surface area contributed by atoms with Gasteiger partial charge in [-0.3, -0.25) is 15.0 Å². The number of halogens is 3. The summed E-state index contributed by atoms with van der Waals surface area (Å²) < 4.78 is 72.7. The highest BCUT2D eigenvalue weighted by molar-refractivity contribution is 7.89. The Morgan fingerprint density at radius 3 is 2.49 bits per heavy atom. The average molecular weight is 534 g/mol. The molecule has 0 radical (unpaired) electrons. The van der Waals surface area contributed by atoms with E-state index in [-0.39, 0.29) is 16.9 Å². The molecule has 0 saturated carbocycles. The summed E-state index contributed by atoms with van der Waals surface area (Å²) in [5.41, 5.74) is 2.24. The molecule has 3 aromatic rings. The fourth-order valence-corrected chi connectivity index (χ4v) is 7.37. The lowest BCUT2D eigenvalue weighted by molar-refractivity contribution is -0.141. The number of amides is 1. The van der Waals surface area contributed by atoms with Crippen LogP contribution in [0.5, 0.6) is 0 Å². The van der Waals surface area contributed by atoms with Gasteiger partial charge in [0.2, 0.25) is 10.0 Å². The maximum absolute atomic E-state index is 13.7. The number of carbonyl (C=O) groups excluding carboxylic acids is 1. The number of rotatable bonds is 4. The van der Waals surface area contributed by atoms with Gasteiger partial charge in [-0.05, 0) is 48.6 Å². The Bertz CT molecular complexity index is 1440. The molecule has 2 aromatic heterocycles. The standard InChI is InChI=1S/C24H22F3N5O4S/c25-24(26,27)22-6-5-18(12-28-22)37(34,35)32-17-9-15(10-21(32)19-13-29-30-20(19)11-17)14-1-3-16(4-2-14)31-7-8-36-23(31)33/h1-6,12-13,15,17,21H,7-11H2,(H,29,30). The van der Waals surface area contributed by atoms with Crippen LogP contribution in [0.4, 0.5) is 23.7 Å². The van der Waals surface area contributed by atoms with Gasteiger partial charge in [-0.1, -0.05) is 12.1 Å². The first-order valence-corrected chi connectivity index (χ1v) is 13.2. The van der Waals surface area contributed by atoms with E-state index < -0.39 is 34.0 Å². The predicted molar refractivity (Wildman–Crippen MR) is 124 cm³/mol. The largest absolute Gasteiger partial charge is 0.447 e. The maximum Gasteiger partial charge on any atom is 0.433 e. The van der Waals surface area contributed by atoms with Crippen molar-refractivity contribution in [3.8, 4) is 0 Å². The summed E-state index contributed by atoms with van der Waals surface area (Å²) in [6.07, 6.45) is -1.24. The molecule has 0 spiro atoms. The molecular weight excluding hydrogens is 511 g/mol. The van der Waals surface area contributed by atoms with E-state index in [0.29, 0.717) is 38.5 Å². The van der Waals surface area contributed by atoms with Crippen molar-refractivity contribution in [3.05, 3.63) is 71.3 Å². The highest BCUT2D eigenvalue weighted by atomic mass is 32.2. The van der Waals surface area contributed by atoms with Crippen molar-refractivity contribution in [1.29, 1.82) is 0 Å². The second-order valence-electron chi connectivity index (χ2n) is 9.42. The SMILES string of the molecule is O=C1OCCN1c1ccc(C2CC3Cc4[nH]ncc4C(C2)N3S(=O)(=O)c2ccc(C(F)(F)F)nc2)cc1. The first-order valence-electron chi connectivity index (χ1n) is 11.8. The van der Waals surface area contributed by atoms with E-state index in [2.05, 4.69) is 15.2 Å². The number of sulfonamides is 1. The van der Waals surface area contributed by atoms with Crippen molar-refractivity contribution in [3.63, 3.8) is 0 Å². The Balaban J connectivity index is 1.30. The Morgan fingerprint density at radius 1 is 1.05 bits per heavy atom. The van der Waals surface area contributed by atoms with Crippen molar-refractivity contribution in [1.82, 2.24) is 19.5 Å². The molecule has 2 saturated heterocycles. The molecule has 194 valence electrons. The Kier molecular flexibility index (Phi) is 5.53. The molecule has 3 unspecified atom stereocenters. The van der Waals surface area contributed by atoms with Crippen molar-refractivity contribution in [2.24, 2.45) is 0 Å². The number of nitrogens with zero attached hydrogens (tertiary/aromatic N) is 4. The van der Waals surface area contributed by atoms with Gasteiger partial charge in [-0.25, -0.2) is 13.2 Å². The molecule has 13 heteroatoms. The number of cyclic esters (lactones) is 1. The summed E-state index contributed by atoms with van der Waals surface area (Å²) >= 11 is 0. The average Bonchev–Trinajstić information content (AvgIpc) is 3.52. The van der Waals surface area contributed by atoms with Crippen LogP contribution < -0.4 is 4.90 Å². The molecule has 6 rings (SSSR count). The van der Waals surface area contributed by atoms with Crippen LogP contribution in [0.25, 0.3) is 0 Å². The monoisotopic (exact) mass is 533 g/mol. The topological polar surface area (TPSA) is 108 Å². The summed E-state index contributed by atoms with van der Waals surface area (Å²) in [6, 6.07) is 8.31. The zero-order valence-electron chi connectivity index (χ0n) is 19.4. The van der Waals surface area contributed by atoms with Crippen LogP contribution in [0.2, 0.25) is 0 Å². The van der Waals surface area contributed by atoms with Gasteiger partial charge in [-0.2, -0.15) is 22.6 Å². The number of piperidine rings is 1. The molecule has 1 amide bonds. The third kappa shape index (κ3) is 4.06. The number of aromatic amines is 1. The van der Waals surface area contributed by atoms with Crippen LogP contribution >= 0.6 is 0 Å². The number of fused-ring (bicyclic) bond motifs is 4. The van der Waals surface area contributed by atoms with Crippen LogP contribution in [0.15, 0.2) is 53.7 Å². The number of H-pyrrole nitrogens is 1. The van der Waals surface area contributed by atoms with Gasteiger partial charge in [0.15, 0.2) is 0 Å². The van der Waals surface area contributed by atoms with Gasteiger partial charge >= 0.3 is 12.3 Å². The normalized spacial score (nSPS) is 24.1. The molecule has 9 nitrogen and oxygen atoms in total. The number of hydrogen-bond acceptors (Lipinski definition) is 6. The smallest absolute Gasteiger partial charge is 0.433 e. The number of ether oxygens (including phenoxy) is 1. The highest BCUT2D eigenvalue weighted by Gasteiger charge is 2.48. The molecule has 3 atom stereocenters. The summed E-state index contributed by atoms with van der Waals surface area (Å²) in [6.45, 7) is 0.832. The van der Waals surface area contributed by atoms with Crippen LogP contribution in [-0.4, -0.2) is 53.2 Å². The minimum atomic E-state index is -4.66. The van der Waals surface area contributed by atoms with Crippen LogP contribution in [0.1, 0.15) is 47.3 Å². The molecule has 1 N–H and O–H groups in total. The first-order chi connectivity index (χ1) is 17.6. The first kappa shape index (κ1) is 23.9. The van der Waals surface area contributed by atoms with Crippen LogP contribution in [-0.2, 0) is 27.4 Å². The molecule has 37 heavy (non-hydrogen) atoms. The quantitative estimate of drug-likeness (QED) is 0.543. The van der Waals surface area contributed by atoms with E-state index in [1.54, 1.807) is 11.1 Å². The fourth-order valence-electron chi connectivity index (χ4n) is 5.61. The van der Waals surface area contributed by atoms with Gasteiger partial charge in [-0.15, -0.1) is 0 Å². The molecule has 5 heterocycles. The van der Waals surface area contributed by atoms with Gasteiger partial charge in [0.1, 0.15) is 17.2 Å². The number of carbonyl (C=O) groups is 1. The van der Waals surface area contributed by atoms with E-state index in [1.165, 1.54) is 4.31 Å². The third-order valence-corrected chi connectivity index (χ3v) is 9.27. The number of hydrogen-bond donors (Lipinski definition) is 1. The van der Waals surface area contributed by atoms with E-state index in [9.17, 15) is 26.4 Å². The number of nitrogens with one attached hydrogen (secondary N) is 1. The van der Waals surface area contributed by atoms with Crippen molar-refractivity contribution in [2.45, 2.75) is 48.3 Å². The number of benzene rings is 1. The van der Waals surface area contributed by atoms with Crippen LogP contribution in [0.3, 0.4) is 0 Å². The van der Waals surface area contributed by atoms with Crippen molar-refractivity contribution >= 4 is 21.8 Å². The molecule has 0 aliphatic carbocycles. The molecule has 1 aromatic carbocycles. The Hall–Kier alpha value is -3.45. The second-order valence-corrected chi connectivity index (χ2v) is 11.3. The molecule has 2 fully saturated rings. The van der Waals surface area contributed by atoms with E-state index in [1.807, 2.05) is 24.3 Å². The zero-order valence-corrected chi connectivity index (χ0v) is 20.2. The Morgan fingerprint density at radius 2 is 1.84 bits per heavy atom. The fraction of sp³-hybridized carbons (Fsp3) is 0.375. The summed E-state index contributed by atoms with van der Waals surface area (Å²) in [7, 11) is -4.13. The number of anilines is 1. The minimum absolute atomic E-state index is 0.0369. The molecule has 2 bridgehead atoms. The number of alkyl halides is 3. The highest BCUT2D eigenvalue weighted by Crippen LogP contribution is 2.49. The van der Waals surface area contributed by atoms with Crippen molar-refractivity contribution < 1.29 is 31.1 Å². The van der Waals surface area contributed by atoms with Crippen LogP contribution in [0, 0.1) is 0 Å². The zero-order chi connectivity index (χ0) is 25.9. The van der Waals surface area contributed by atoms with Crippen molar-refractivity contribution in [2.75, 3.05) is 18.1 Å².